The maximum Gasteiger partial charge on any atom is 0.271 e. The summed E-state index contributed by atoms with van der Waals surface area (Å²) in [4.78, 5) is 37.6. The lowest BCUT2D eigenvalue weighted by Crippen LogP contribution is -2.18. The van der Waals surface area contributed by atoms with Crippen molar-refractivity contribution in [2.75, 3.05) is 30.0 Å². The van der Waals surface area contributed by atoms with Crippen LogP contribution in [-0.2, 0) is 5.54 Å². The fourth-order valence-electron chi connectivity index (χ4n) is 4.19. The number of hydrogen-bond donors (Lipinski definition) is 4. The molecule has 2 aromatic carbocycles. The van der Waals surface area contributed by atoms with Gasteiger partial charge in [0.25, 0.3) is 17.4 Å². The molecular weight excluding hydrogens is 494 g/mol. The van der Waals surface area contributed by atoms with E-state index in [4.69, 9.17) is 6.57 Å². The predicted octanol–water partition coefficient (Wildman–Crippen LogP) is 4.28. The topological polar surface area (TPSA) is 130 Å². The van der Waals surface area contributed by atoms with E-state index >= 15 is 0 Å². The van der Waals surface area contributed by atoms with E-state index in [0.717, 1.165) is 24.0 Å². The predicted molar refractivity (Wildman–Crippen MR) is 148 cm³/mol. The molecule has 1 aliphatic rings. The van der Waals surface area contributed by atoms with E-state index < -0.39 is 5.54 Å². The number of carbonyl (C=O) groups excluding carboxylic acids is 2. The largest absolute Gasteiger partial charge is 0.373 e. The van der Waals surface area contributed by atoms with Gasteiger partial charge in [-0.05, 0) is 36.8 Å². The second-order valence-corrected chi connectivity index (χ2v) is 9.25. The lowest BCUT2D eigenvalue weighted by Gasteiger charge is -2.14. The van der Waals surface area contributed by atoms with Gasteiger partial charge in [-0.15, -0.1) is 0 Å². The third-order valence-corrected chi connectivity index (χ3v) is 6.65. The van der Waals surface area contributed by atoms with Gasteiger partial charge in [0, 0.05) is 61.6 Å². The highest BCUT2D eigenvalue weighted by Gasteiger charge is 2.52. The number of rotatable bonds is 8. The maximum atomic E-state index is 13.1. The van der Waals surface area contributed by atoms with Gasteiger partial charge < -0.3 is 26.1 Å². The minimum absolute atomic E-state index is 0.208. The Balaban J connectivity index is 1.43. The summed E-state index contributed by atoms with van der Waals surface area (Å²) >= 11 is 0. The molecular formula is C28H27N9O2. The first-order chi connectivity index (χ1) is 18.9. The summed E-state index contributed by atoms with van der Waals surface area (Å²) < 4.78 is 1.52. The van der Waals surface area contributed by atoms with Crippen molar-refractivity contribution in [3.8, 4) is 5.82 Å². The Kier molecular flexibility index (Phi) is 6.68. The Morgan fingerprint density at radius 3 is 2.56 bits per heavy atom. The van der Waals surface area contributed by atoms with Crippen LogP contribution in [0.25, 0.3) is 10.7 Å². The molecule has 1 fully saturated rings. The number of hydrogen-bond acceptors (Lipinski definition) is 7. The zero-order chi connectivity index (χ0) is 27.6. The van der Waals surface area contributed by atoms with Gasteiger partial charge >= 0.3 is 0 Å². The first-order valence-corrected chi connectivity index (χ1v) is 12.4. The van der Waals surface area contributed by atoms with E-state index in [1.165, 1.54) is 18.1 Å². The summed E-state index contributed by atoms with van der Waals surface area (Å²) in [6.45, 7) is 9.44. The summed E-state index contributed by atoms with van der Waals surface area (Å²) in [6, 6.07) is 16.1. The molecule has 0 unspecified atom stereocenters. The van der Waals surface area contributed by atoms with Gasteiger partial charge in [-0.1, -0.05) is 18.2 Å². The van der Waals surface area contributed by atoms with Crippen LogP contribution in [-0.4, -0.2) is 45.7 Å². The van der Waals surface area contributed by atoms with Crippen molar-refractivity contribution < 1.29 is 9.59 Å². The fourth-order valence-corrected chi connectivity index (χ4v) is 4.19. The molecule has 4 aromatic rings. The van der Waals surface area contributed by atoms with Crippen molar-refractivity contribution in [3.05, 3.63) is 94.7 Å². The van der Waals surface area contributed by atoms with Gasteiger partial charge in [0.15, 0.2) is 11.5 Å². The second-order valence-electron chi connectivity index (χ2n) is 9.25. The SMILES string of the molecule is [C-]#[N+]C1(c2cccc(C(=O)Nc3ccc(C)c(Nc4cc(C(=O)NC)nn4-c4cc(NC)ncn4)c3)c2)CC1. The third-order valence-electron chi connectivity index (χ3n) is 6.65. The molecule has 0 bridgehead atoms. The highest BCUT2D eigenvalue weighted by molar-refractivity contribution is 6.04. The highest BCUT2D eigenvalue weighted by atomic mass is 16.2. The molecule has 0 spiro atoms. The highest BCUT2D eigenvalue weighted by Crippen LogP contribution is 2.49. The van der Waals surface area contributed by atoms with Crippen molar-refractivity contribution in [2.24, 2.45) is 0 Å². The minimum Gasteiger partial charge on any atom is -0.373 e. The number of nitrogens with one attached hydrogen (secondary N) is 4. The van der Waals surface area contributed by atoms with Crippen LogP contribution < -0.4 is 21.3 Å². The van der Waals surface area contributed by atoms with Crippen LogP contribution in [0.4, 0.5) is 23.0 Å². The van der Waals surface area contributed by atoms with Gasteiger partial charge in [-0.3, -0.25) is 9.59 Å². The molecule has 11 nitrogen and oxygen atoms in total. The monoisotopic (exact) mass is 521 g/mol. The zero-order valence-corrected chi connectivity index (χ0v) is 21.7. The molecule has 39 heavy (non-hydrogen) atoms. The Labute approximate surface area is 225 Å². The second kappa shape index (κ2) is 10.3. The Morgan fingerprint density at radius 2 is 1.85 bits per heavy atom. The number of anilines is 4. The molecule has 0 saturated heterocycles. The molecule has 0 aliphatic heterocycles. The van der Waals surface area contributed by atoms with Crippen LogP contribution in [0.5, 0.6) is 0 Å². The summed E-state index contributed by atoms with van der Waals surface area (Å²) in [5.41, 5.74) is 3.30. The van der Waals surface area contributed by atoms with E-state index in [2.05, 4.69) is 41.2 Å². The number of nitrogens with zero attached hydrogens (tertiary/aromatic N) is 5. The molecule has 11 heteroatoms. The Bertz CT molecular complexity index is 1620. The number of carbonyl (C=O) groups is 2. The van der Waals surface area contributed by atoms with Crippen LogP contribution >= 0.6 is 0 Å². The van der Waals surface area contributed by atoms with Crippen LogP contribution in [0.15, 0.2) is 60.9 Å². The van der Waals surface area contributed by atoms with Crippen molar-refractivity contribution >= 4 is 34.8 Å². The molecule has 0 radical (unpaired) electrons. The van der Waals surface area contributed by atoms with E-state index in [1.54, 1.807) is 31.3 Å². The molecule has 0 atom stereocenters. The van der Waals surface area contributed by atoms with Crippen LogP contribution in [0.3, 0.4) is 0 Å². The molecule has 5 rings (SSSR count). The van der Waals surface area contributed by atoms with E-state index in [9.17, 15) is 9.59 Å². The van der Waals surface area contributed by atoms with Crippen molar-refractivity contribution in [1.29, 1.82) is 0 Å². The molecule has 4 N–H and O–H groups in total. The number of amides is 2. The normalized spacial score (nSPS) is 13.2. The summed E-state index contributed by atoms with van der Waals surface area (Å²) in [5.74, 6) is 0.951. The lowest BCUT2D eigenvalue weighted by molar-refractivity contribution is 0.0956. The quantitative estimate of drug-likeness (QED) is 0.255. The summed E-state index contributed by atoms with van der Waals surface area (Å²) in [6.07, 6.45) is 3.04. The van der Waals surface area contributed by atoms with Crippen molar-refractivity contribution in [3.63, 3.8) is 0 Å². The van der Waals surface area contributed by atoms with Crippen LogP contribution in [0.2, 0.25) is 0 Å². The molecule has 196 valence electrons. The smallest absolute Gasteiger partial charge is 0.271 e. The number of aromatic nitrogens is 4. The van der Waals surface area contributed by atoms with Crippen LogP contribution in [0.1, 0.15) is 44.8 Å². The lowest BCUT2D eigenvalue weighted by atomic mass is 10.0. The fraction of sp³-hybridized carbons (Fsp3) is 0.214. The summed E-state index contributed by atoms with van der Waals surface area (Å²) in [7, 11) is 3.29. The average Bonchev–Trinajstić information content (AvgIpc) is 3.67. The zero-order valence-electron chi connectivity index (χ0n) is 21.7. The standard InChI is InChI=1S/C28H27N9O2/c1-17-8-9-20(34-26(38)18-6-5-7-19(12-18)28(31-4)10-11-28)13-21(17)35-25-14-22(27(39)30-3)36-37(25)24-15-23(29-2)32-16-33-24/h5-9,12-16,35H,10-11H2,1-3H3,(H,30,39)(H,34,38)(H,29,32,33). The third kappa shape index (κ3) is 5.13. The van der Waals surface area contributed by atoms with E-state index in [0.29, 0.717) is 34.4 Å². The molecule has 1 aliphatic carbocycles. The maximum absolute atomic E-state index is 13.1. The van der Waals surface area contributed by atoms with E-state index in [-0.39, 0.29) is 17.5 Å². The first kappa shape index (κ1) is 25.4. The first-order valence-electron chi connectivity index (χ1n) is 12.4. The Morgan fingerprint density at radius 1 is 1.03 bits per heavy atom. The molecule has 2 heterocycles. The average molecular weight is 522 g/mol. The molecule has 2 aromatic heterocycles. The number of aryl methyl sites for hydroxylation is 1. The molecule has 1 saturated carbocycles. The van der Waals surface area contributed by atoms with Gasteiger partial charge in [0.2, 0.25) is 0 Å². The van der Waals surface area contributed by atoms with Gasteiger partial charge in [0.05, 0.1) is 0 Å². The van der Waals surface area contributed by atoms with Crippen molar-refractivity contribution in [1.82, 2.24) is 25.1 Å². The summed E-state index contributed by atoms with van der Waals surface area (Å²) in [5, 5.41) is 16.3. The van der Waals surface area contributed by atoms with Gasteiger partial charge in [0.1, 0.15) is 18.0 Å². The van der Waals surface area contributed by atoms with E-state index in [1.807, 2.05) is 37.3 Å². The van der Waals surface area contributed by atoms with Crippen LogP contribution in [0, 0.1) is 13.5 Å². The van der Waals surface area contributed by atoms with Gasteiger partial charge in [-0.2, -0.15) is 9.78 Å². The van der Waals surface area contributed by atoms with Gasteiger partial charge in [-0.25, -0.2) is 16.5 Å². The van der Waals surface area contributed by atoms with Crippen molar-refractivity contribution in [2.45, 2.75) is 25.3 Å². The molecule has 2 amide bonds. The Hall–Kier alpha value is -5.24. The minimum atomic E-state index is -0.481. The number of benzene rings is 2.